The van der Waals surface area contributed by atoms with Crippen LogP contribution in [0.25, 0.3) is 16.7 Å². The van der Waals surface area contributed by atoms with Gasteiger partial charge in [0.05, 0.1) is 11.0 Å². The molecule has 0 fully saturated rings. The van der Waals surface area contributed by atoms with Crippen molar-refractivity contribution >= 4 is 22.9 Å². The lowest BCUT2D eigenvalue weighted by molar-refractivity contribution is -0.114. The molecule has 0 radical (unpaired) electrons. The third-order valence-electron chi connectivity index (χ3n) is 2.96. The highest BCUT2D eigenvalue weighted by atomic mass is 16.3. The number of phenolic OH excluding ortho intramolecular Hbond substituents is 1. The lowest BCUT2D eigenvalue weighted by Crippen LogP contribution is -2.11. The maximum absolute atomic E-state index is 11.3. The Morgan fingerprint density at radius 3 is 2.55 bits per heavy atom. The summed E-state index contributed by atoms with van der Waals surface area (Å²) in [6.45, 7) is 1.44. The van der Waals surface area contributed by atoms with Crippen molar-refractivity contribution in [1.29, 1.82) is 0 Å². The lowest BCUT2D eigenvalue weighted by Gasteiger charge is -2.09. The number of hydrogen-bond acceptors (Lipinski definition) is 3. The average Bonchev–Trinajstić information content (AvgIpc) is 2.77. The predicted octanol–water partition coefficient (Wildman–Crippen LogP) is 2.69. The number of rotatable bonds is 2. The Labute approximate surface area is 115 Å². The Morgan fingerprint density at radius 2 is 1.85 bits per heavy atom. The van der Waals surface area contributed by atoms with Gasteiger partial charge in [0.1, 0.15) is 5.75 Å². The average molecular weight is 267 g/mol. The molecule has 0 saturated heterocycles. The SMILES string of the molecule is CC(=O)Nc1nc2ccccc2n1-c1ccc(O)cc1. The highest BCUT2D eigenvalue weighted by Crippen LogP contribution is 2.25. The van der Waals surface area contributed by atoms with E-state index >= 15 is 0 Å². The fourth-order valence-corrected chi connectivity index (χ4v) is 2.13. The molecule has 2 aromatic carbocycles. The lowest BCUT2D eigenvalue weighted by atomic mass is 10.2. The minimum absolute atomic E-state index is 0.180. The number of aromatic nitrogens is 2. The third kappa shape index (κ3) is 2.09. The van der Waals surface area contributed by atoms with Gasteiger partial charge < -0.3 is 5.11 Å². The Bertz CT molecular complexity index is 775. The largest absolute Gasteiger partial charge is 0.508 e. The van der Waals surface area contributed by atoms with Crippen molar-refractivity contribution in [3.05, 3.63) is 48.5 Å². The smallest absolute Gasteiger partial charge is 0.223 e. The molecule has 1 heterocycles. The number of nitrogens with one attached hydrogen (secondary N) is 1. The van der Waals surface area contributed by atoms with Crippen LogP contribution in [-0.2, 0) is 4.79 Å². The van der Waals surface area contributed by atoms with Gasteiger partial charge in [-0.25, -0.2) is 4.98 Å². The summed E-state index contributed by atoms with van der Waals surface area (Å²) in [4.78, 5) is 15.7. The van der Waals surface area contributed by atoms with Gasteiger partial charge in [0.25, 0.3) is 0 Å². The summed E-state index contributed by atoms with van der Waals surface area (Å²) in [5.74, 6) is 0.476. The van der Waals surface area contributed by atoms with Crippen LogP contribution in [0.15, 0.2) is 48.5 Å². The molecule has 0 aliphatic rings. The minimum Gasteiger partial charge on any atom is -0.508 e. The highest BCUT2D eigenvalue weighted by Gasteiger charge is 2.12. The van der Waals surface area contributed by atoms with Crippen LogP contribution in [0.4, 0.5) is 5.95 Å². The van der Waals surface area contributed by atoms with E-state index in [0.29, 0.717) is 5.95 Å². The molecule has 3 rings (SSSR count). The second-order valence-corrected chi connectivity index (χ2v) is 4.46. The van der Waals surface area contributed by atoms with Crippen LogP contribution in [0.2, 0.25) is 0 Å². The number of phenols is 1. The topological polar surface area (TPSA) is 67.2 Å². The number of amides is 1. The van der Waals surface area contributed by atoms with E-state index in [2.05, 4.69) is 10.3 Å². The highest BCUT2D eigenvalue weighted by molar-refractivity contribution is 5.91. The van der Waals surface area contributed by atoms with Crippen LogP contribution in [0, 0.1) is 0 Å². The number of benzene rings is 2. The van der Waals surface area contributed by atoms with Crippen LogP contribution in [0.5, 0.6) is 5.75 Å². The number of nitrogens with zero attached hydrogens (tertiary/aromatic N) is 2. The molecule has 0 spiro atoms. The van der Waals surface area contributed by atoms with E-state index in [-0.39, 0.29) is 11.7 Å². The van der Waals surface area contributed by atoms with Gasteiger partial charge in [-0.05, 0) is 36.4 Å². The molecule has 3 aromatic rings. The molecule has 0 saturated carbocycles. The van der Waals surface area contributed by atoms with Crippen molar-refractivity contribution in [2.24, 2.45) is 0 Å². The molecule has 0 atom stereocenters. The first-order chi connectivity index (χ1) is 9.65. The Hall–Kier alpha value is -2.82. The van der Waals surface area contributed by atoms with Crippen molar-refractivity contribution in [2.75, 3.05) is 5.32 Å². The number of carbonyl (C=O) groups is 1. The zero-order valence-corrected chi connectivity index (χ0v) is 10.9. The molecule has 1 aromatic heterocycles. The Morgan fingerprint density at radius 1 is 1.15 bits per heavy atom. The molecule has 0 aliphatic carbocycles. The molecule has 0 aliphatic heterocycles. The summed E-state index contributed by atoms with van der Waals surface area (Å²) in [5.41, 5.74) is 2.51. The van der Waals surface area contributed by atoms with Gasteiger partial charge in [-0.1, -0.05) is 12.1 Å². The normalized spacial score (nSPS) is 10.7. The number of anilines is 1. The summed E-state index contributed by atoms with van der Waals surface area (Å²) < 4.78 is 1.84. The maximum Gasteiger partial charge on any atom is 0.223 e. The summed E-state index contributed by atoms with van der Waals surface area (Å²) >= 11 is 0. The monoisotopic (exact) mass is 267 g/mol. The number of imidazole rings is 1. The van der Waals surface area contributed by atoms with Gasteiger partial charge in [0.15, 0.2) is 0 Å². The quantitative estimate of drug-likeness (QED) is 0.750. The second-order valence-electron chi connectivity index (χ2n) is 4.46. The van der Waals surface area contributed by atoms with E-state index in [1.807, 2.05) is 28.8 Å². The Balaban J connectivity index is 2.25. The van der Waals surface area contributed by atoms with Gasteiger partial charge >= 0.3 is 0 Å². The molecule has 1 amide bonds. The van der Waals surface area contributed by atoms with Crippen LogP contribution >= 0.6 is 0 Å². The summed E-state index contributed by atoms with van der Waals surface area (Å²) in [7, 11) is 0. The molecule has 20 heavy (non-hydrogen) atoms. The van der Waals surface area contributed by atoms with Crippen molar-refractivity contribution in [1.82, 2.24) is 9.55 Å². The second kappa shape index (κ2) is 4.70. The first-order valence-corrected chi connectivity index (χ1v) is 6.19. The van der Waals surface area contributed by atoms with Gasteiger partial charge in [-0.3, -0.25) is 14.7 Å². The van der Waals surface area contributed by atoms with Crippen molar-refractivity contribution in [3.8, 4) is 11.4 Å². The molecule has 2 N–H and O–H groups in total. The van der Waals surface area contributed by atoms with E-state index in [1.54, 1.807) is 24.3 Å². The molecule has 0 bridgehead atoms. The van der Waals surface area contributed by atoms with Gasteiger partial charge in [-0.2, -0.15) is 0 Å². The standard InChI is InChI=1S/C15H13N3O2/c1-10(19)16-15-17-13-4-2-3-5-14(13)18(15)11-6-8-12(20)9-7-11/h2-9,20H,1H3,(H,16,17,19). The maximum atomic E-state index is 11.3. The van der Waals surface area contributed by atoms with Crippen LogP contribution < -0.4 is 5.32 Å². The third-order valence-corrected chi connectivity index (χ3v) is 2.96. The van der Waals surface area contributed by atoms with Crippen molar-refractivity contribution in [3.63, 3.8) is 0 Å². The van der Waals surface area contributed by atoms with Crippen LogP contribution in [0.1, 0.15) is 6.92 Å². The number of hydrogen-bond donors (Lipinski definition) is 2. The zero-order chi connectivity index (χ0) is 14.1. The molecular formula is C15H13N3O2. The number of fused-ring (bicyclic) bond motifs is 1. The first kappa shape index (κ1) is 12.2. The zero-order valence-electron chi connectivity index (χ0n) is 10.9. The Kier molecular flexibility index (Phi) is 2.87. The van der Waals surface area contributed by atoms with E-state index in [1.165, 1.54) is 6.92 Å². The van der Waals surface area contributed by atoms with Gasteiger partial charge in [0, 0.05) is 12.6 Å². The summed E-state index contributed by atoms with van der Waals surface area (Å²) in [6.07, 6.45) is 0. The molecule has 0 unspecified atom stereocenters. The van der Waals surface area contributed by atoms with Crippen molar-refractivity contribution < 1.29 is 9.90 Å². The fourth-order valence-electron chi connectivity index (χ4n) is 2.13. The number of aromatic hydroxyl groups is 1. The van der Waals surface area contributed by atoms with Crippen molar-refractivity contribution in [2.45, 2.75) is 6.92 Å². The fraction of sp³-hybridized carbons (Fsp3) is 0.0667. The van der Waals surface area contributed by atoms with E-state index in [0.717, 1.165) is 16.7 Å². The number of carbonyl (C=O) groups excluding carboxylic acids is 1. The first-order valence-electron chi connectivity index (χ1n) is 6.19. The summed E-state index contributed by atoms with van der Waals surface area (Å²) in [5, 5.41) is 12.1. The van der Waals surface area contributed by atoms with E-state index in [4.69, 9.17) is 0 Å². The van der Waals surface area contributed by atoms with Crippen LogP contribution in [-0.4, -0.2) is 20.6 Å². The van der Waals surface area contributed by atoms with Gasteiger partial charge in [-0.15, -0.1) is 0 Å². The summed E-state index contributed by atoms with van der Waals surface area (Å²) in [6, 6.07) is 14.4. The molecule has 100 valence electrons. The van der Waals surface area contributed by atoms with E-state index < -0.39 is 0 Å². The predicted molar refractivity (Wildman–Crippen MR) is 77.0 cm³/mol. The molecule has 5 heteroatoms. The van der Waals surface area contributed by atoms with Crippen LogP contribution in [0.3, 0.4) is 0 Å². The minimum atomic E-state index is -0.180. The van der Waals surface area contributed by atoms with Gasteiger partial charge in [0.2, 0.25) is 11.9 Å². The molecule has 5 nitrogen and oxygen atoms in total. The number of para-hydroxylation sites is 2. The molecular weight excluding hydrogens is 254 g/mol. The van der Waals surface area contributed by atoms with E-state index in [9.17, 15) is 9.90 Å².